The lowest BCUT2D eigenvalue weighted by molar-refractivity contribution is -0.112. The van der Waals surface area contributed by atoms with E-state index < -0.39 is 24.2 Å². The second-order valence-electron chi connectivity index (χ2n) is 9.39. The Bertz CT molecular complexity index is 1120. The summed E-state index contributed by atoms with van der Waals surface area (Å²) in [5.41, 5.74) is 13.3. The van der Waals surface area contributed by atoms with Gasteiger partial charge in [-0.25, -0.2) is 4.79 Å². The molecule has 2 bridgehead atoms. The first-order valence-corrected chi connectivity index (χ1v) is 11.8. The number of fused-ring (bicyclic) bond motifs is 2. The lowest BCUT2D eigenvalue weighted by Gasteiger charge is -2.24. The van der Waals surface area contributed by atoms with Gasteiger partial charge in [0.05, 0.1) is 17.5 Å². The van der Waals surface area contributed by atoms with Gasteiger partial charge < -0.3 is 36.8 Å². The zero-order valence-corrected chi connectivity index (χ0v) is 21.4. The zero-order chi connectivity index (χ0) is 27.2. The molecule has 1 aliphatic rings. The van der Waals surface area contributed by atoms with Gasteiger partial charge in [0.1, 0.15) is 17.6 Å². The van der Waals surface area contributed by atoms with E-state index in [2.05, 4.69) is 5.32 Å². The van der Waals surface area contributed by atoms with Crippen LogP contribution in [0.25, 0.3) is 6.08 Å². The van der Waals surface area contributed by atoms with Crippen molar-refractivity contribution in [1.82, 2.24) is 0 Å². The normalized spacial score (nSPS) is 27.2. The fourth-order valence-corrected chi connectivity index (χ4v) is 4.03. The van der Waals surface area contributed by atoms with E-state index in [0.29, 0.717) is 18.4 Å². The van der Waals surface area contributed by atoms with E-state index in [1.54, 1.807) is 31.2 Å². The first kappa shape index (κ1) is 28.5. The quantitative estimate of drug-likeness (QED) is 0.144. The number of hydrogen-bond donors (Lipinski definition) is 6. The van der Waals surface area contributed by atoms with Crippen molar-refractivity contribution in [2.45, 2.75) is 59.7 Å². The average molecular weight is 500 g/mol. The molecule has 4 unspecified atom stereocenters. The smallest absolute Gasteiger partial charge is 0.405 e. The Morgan fingerprint density at radius 3 is 2.47 bits per heavy atom. The van der Waals surface area contributed by atoms with Crippen LogP contribution in [0.2, 0.25) is 0 Å². The molecule has 8 N–H and O–H groups in total. The number of ether oxygens (including phenoxy) is 1. The molecule has 2 rings (SSSR count). The number of amides is 2. The van der Waals surface area contributed by atoms with Crippen molar-refractivity contribution >= 4 is 29.5 Å². The minimum absolute atomic E-state index is 0.0113. The van der Waals surface area contributed by atoms with Crippen LogP contribution >= 0.6 is 0 Å². The van der Waals surface area contributed by atoms with Gasteiger partial charge >= 0.3 is 6.09 Å². The highest BCUT2D eigenvalue weighted by molar-refractivity contribution is 6.05. The summed E-state index contributed by atoms with van der Waals surface area (Å²) in [4.78, 5) is 24.2. The third-order valence-corrected chi connectivity index (χ3v) is 6.25. The molecule has 0 aliphatic carbocycles. The second kappa shape index (κ2) is 12.3. The number of nitrogen functional groups attached to an aromatic ring is 1. The largest absolute Gasteiger partial charge is 0.506 e. The van der Waals surface area contributed by atoms with Gasteiger partial charge in [-0.15, -0.1) is 0 Å². The summed E-state index contributed by atoms with van der Waals surface area (Å²) in [6.07, 6.45) is 7.13. The van der Waals surface area contributed by atoms with Crippen molar-refractivity contribution in [1.29, 1.82) is 0 Å². The number of hydrogen-bond acceptors (Lipinski definition) is 7. The molecule has 9 nitrogen and oxygen atoms in total. The first-order chi connectivity index (χ1) is 16.8. The van der Waals surface area contributed by atoms with E-state index in [-0.39, 0.29) is 40.3 Å². The summed E-state index contributed by atoms with van der Waals surface area (Å²) in [6, 6.07) is 1.19. The lowest BCUT2D eigenvalue weighted by Crippen LogP contribution is -2.29. The molecule has 36 heavy (non-hydrogen) atoms. The minimum Gasteiger partial charge on any atom is -0.506 e. The number of phenolic OH excluding ortho intramolecular Hbond substituents is 2. The third-order valence-electron chi connectivity index (χ3n) is 6.25. The maximum absolute atomic E-state index is 12.7. The van der Waals surface area contributed by atoms with Crippen LogP contribution in [0.3, 0.4) is 0 Å². The number of nitrogens with two attached hydrogens (primary N) is 2. The highest BCUT2D eigenvalue weighted by atomic mass is 16.6. The maximum atomic E-state index is 12.7. The predicted molar refractivity (Wildman–Crippen MR) is 141 cm³/mol. The van der Waals surface area contributed by atoms with Gasteiger partial charge in [-0.05, 0) is 39.2 Å². The molecular formula is C27H37N3O6. The van der Waals surface area contributed by atoms with Crippen molar-refractivity contribution in [2.75, 3.05) is 11.1 Å². The van der Waals surface area contributed by atoms with Gasteiger partial charge in [-0.1, -0.05) is 49.8 Å². The predicted octanol–water partition coefficient (Wildman–Crippen LogP) is 4.36. The van der Waals surface area contributed by atoms with E-state index in [0.717, 1.165) is 11.1 Å². The molecule has 1 aromatic rings. The molecule has 1 aromatic carbocycles. The van der Waals surface area contributed by atoms with Gasteiger partial charge in [0.2, 0.25) is 0 Å². The number of nitrogens with one attached hydrogen (secondary N) is 1. The number of rotatable bonds is 1. The van der Waals surface area contributed by atoms with E-state index >= 15 is 0 Å². The number of phenols is 2. The SMILES string of the molecule is CC1=CC(C)C(O)CC/C(C)=C\c2c(N)c(O)cc(c2O)NC(=O)/C(C)=C/C=CC(C)C1OC(N)=O. The number of carbonyl (C=O) groups is 2. The summed E-state index contributed by atoms with van der Waals surface area (Å²) in [7, 11) is 0. The molecule has 196 valence electrons. The Labute approximate surface area is 211 Å². The number of aliphatic hydroxyl groups is 1. The lowest BCUT2D eigenvalue weighted by atomic mass is 9.91. The molecule has 9 heteroatoms. The molecule has 0 radical (unpaired) electrons. The maximum Gasteiger partial charge on any atom is 0.405 e. The van der Waals surface area contributed by atoms with Gasteiger partial charge in [0.25, 0.3) is 5.91 Å². The molecule has 0 saturated carbocycles. The minimum atomic E-state index is -0.907. The highest BCUT2D eigenvalue weighted by Gasteiger charge is 2.23. The number of carbonyl (C=O) groups excluding carboxylic acids is 2. The first-order valence-electron chi connectivity index (χ1n) is 11.8. The second-order valence-corrected chi connectivity index (χ2v) is 9.39. The fraction of sp³-hybridized carbons (Fsp3) is 0.407. The van der Waals surface area contributed by atoms with Crippen molar-refractivity contribution in [3.05, 3.63) is 52.7 Å². The Morgan fingerprint density at radius 1 is 1.17 bits per heavy atom. The van der Waals surface area contributed by atoms with Gasteiger partial charge in [0.15, 0.2) is 0 Å². The Hall–Kier alpha value is -3.72. The zero-order valence-electron chi connectivity index (χ0n) is 21.4. The molecule has 1 heterocycles. The number of anilines is 2. The van der Waals surface area contributed by atoms with E-state index in [4.69, 9.17) is 16.2 Å². The summed E-state index contributed by atoms with van der Waals surface area (Å²) < 4.78 is 5.35. The molecule has 2 amide bonds. The third kappa shape index (κ3) is 7.39. The fourth-order valence-electron chi connectivity index (χ4n) is 4.03. The number of aliphatic hydroxyl groups excluding tert-OH is 1. The van der Waals surface area contributed by atoms with Crippen LogP contribution in [0, 0.1) is 11.8 Å². The van der Waals surface area contributed by atoms with E-state index in [1.807, 2.05) is 33.8 Å². The van der Waals surface area contributed by atoms with Crippen LogP contribution in [0.5, 0.6) is 11.5 Å². The van der Waals surface area contributed by atoms with Gasteiger partial charge in [0, 0.05) is 29.0 Å². The van der Waals surface area contributed by atoms with Crippen LogP contribution in [0.1, 0.15) is 53.0 Å². The van der Waals surface area contributed by atoms with Crippen molar-refractivity contribution in [3.63, 3.8) is 0 Å². The van der Waals surface area contributed by atoms with Crippen LogP contribution in [-0.2, 0) is 9.53 Å². The average Bonchev–Trinajstić information content (AvgIpc) is 2.80. The summed E-state index contributed by atoms with van der Waals surface area (Å²) in [5, 5.41) is 34.4. The van der Waals surface area contributed by atoms with E-state index in [9.17, 15) is 24.9 Å². The molecule has 0 aromatic heterocycles. The standard InChI is InChI=1S/C27H37N3O6/c1-14-9-10-21(31)17(4)12-18(5)25(36-27(29)35)15(2)7-6-8-16(3)26(34)30-20-13-22(32)23(28)19(11-14)24(20)33/h6-8,11-13,15,17,21,25,31-33H,9-10,28H2,1-5H3,(H2,29,35)(H,30,34)/b7-6?,14-11-,16-8+,18-12?. The monoisotopic (exact) mass is 499 g/mol. The van der Waals surface area contributed by atoms with E-state index in [1.165, 1.54) is 6.07 Å². The summed E-state index contributed by atoms with van der Waals surface area (Å²) in [5.74, 6) is -1.57. The molecule has 0 fully saturated rings. The van der Waals surface area contributed by atoms with Crippen LogP contribution in [-0.4, -0.2) is 39.5 Å². The molecular weight excluding hydrogens is 462 g/mol. The molecule has 0 spiro atoms. The Morgan fingerprint density at radius 2 is 1.83 bits per heavy atom. The van der Waals surface area contributed by atoms with Crippen LogP contribution in [0.4, 0.5) is 16.2 Å². The number of benzene rings is 1. The number of allylic oxidation sites excluding steroid dienone is 3. The summed E-state index contributed by atoms with van der Waals surface area (Å²) >= 11 is 0. The summed E-state index contributed by atoms with van der Waals surface area (Å²) in [6.45, 7) is 8.94. The van der Waals surface area contributed by atoms with Crippen molar-refractivity contribution < 1.29 is 29.6 Å². The molecule has 1 aliphatic heterocycles. The molecule has 4 atom stereocenters. The number of aromatic hydroxyl groups is 2. The van der Waals surface area contributed by atoms with Crippen LogP contribution < -0.4 is 16.8 Å². The molecule has 0 saturated heterocycles. The highest BCUT2D eigenvalue weighted by Crippen LogP contribution is 2.40. The van der Waals surface area contributed by atoms with Crippen LogP contribution in [0.15, 0.2) is 47.1 Å². The Balaban J connectivity index is 2.56. The Kier molecular flexibility index (Phi) is 9.75. The number of primary amides is 1. The van der Waals surface area contributed by atoms with Crippen molar-refractivity contribution in [2.24, 2.45) is 17.6 Å². The van der Waals surface area contributed by atoms with Gasteiger partial charge in [-0.2, -0.15) is 0 Å². The van der Waals surface area contributed by atoms with Crippen molar-refractivity contribution in [3.8, 4) is 11.5 Å². The topological polar surface area (TPSA) is 168 Å². The van der Waals surface area contributed by atoms with Gasteiger partial charge in [-0.3, -0.25) is 4.79 Å².